The molecule has 0 bridgehead atoms. The van der Waals surface area contributed by atoms with Crippen LogP contribution in [-0.2, 0) is 11.2 Å². The number of ether oxygens (including phenoxy) is 2. The molecule has 1 aromatic carbocycles. The highest BCUT2D eigenvalue weighted by molar-refractivity contribution is 6.32. The van der Waals surface area contributed by atoms with Crippen LogP contribution in [-0.4, -0.2) is 44.4 Å². The predicted octanol–water partition coefficient (Wildman–Crippen LogP) is 3.62. The molecule has 118 valence electrons. The van der Waals surface area contributed by atoms with Crippen molar-refractivity contribution < 1.29 is 9.47 Å². The van der Waals surface area contributed by atoms with E-state index in [0.717, 1.165) is 62.0 Å². The normalized spacial score (nSPS) is 16.2. The molecule has 1 fully saturated rings. The van der Waals surface area contributed by atoms with Crippen molar-refractivity contribution in [2.45, 2.75) is 33.6 Å². The molecule has 4 heteroatoms. The number of hydrogen-bond donors (Lipinski definition) is 0. The number of nitrogens with zero attached hydrogens (tertiary/aromatic N) is 1. The van der Waals surface area contributed by atoms with Crippen molar-refractivity contribution >= 4 is 11.6 Å². The van der Waals surface area contributed by atoms with Gasteiger partial charge < -0.3 is 9.47 Å². The van der Waals surface area contributed by atoms with E-state index in [9.17, 15) is 0 Å². The summed E-state index contributed by atoms with van der Waals surface area (Å²) in [6, 6.07) is 2.07. The molecule has 1 aromatic rings. The van der Waals surface area contributed by atoms with Gasteiger partial charge in [0.25, 0.3) is 0 Å². The molecular weight excluding hydrogens is 286 g/mol. The van der Waals surface area contributed by atoms with Crippen molar-refractivity contribution in [3.8, 4) is 5.75 Å². The van der Waals surface area contributed by atoms with Gasteiger partial charge in [0.1, 0.15) is 5.75 Å². The molecule has 0 atom stereocenters. The van der Waals surface area contributed by atoms with Crippen molar-refractivity contribution in [3.05, 3.63) is 27.8 Å². The Balaban J connectivity index is 2.01. The van der Waals surface area contributed by atoms with E-state index in [1.165, 1.54) is 11.1 Å². The summed E-state index contributed by atoms with van der Waals surface area (Å²) < 4.78 is 11.2. The third kappa shape index (κ3) is 4.35. The van der Waals surface area contributed by atoms with Crippen molar-refractivity contribution in [2.24, 2.45) is 0 Å². The van der Waals surface area contributed by atoms with Gasteiger partial charge in [-0.05, 0) is 62.9 Å². The molecule has 0 N–H and O–H groups in total. The second-order valence-electron chi connectivity index (χ2n) is 5.60. The molecule has 1 saturated heterocycles. The molecule has 2 rings (SSSR count). The Morgan fingerprint density at radius 3 is 2.67 bits per heavy atom. The maximum Gasteiger partial charge on any atom is 0.123 e. The molecule has 0 aliphatic carbocycles. The Morgan fingerprint density at radius 2 is 2.00 bits per heavy atom. The maximum absolute atomic E-state index is 6.40. The van der Waals surface area contributed by atoms with Gasteiger partial charge in [-0.3, -0.25) is 4.90 Å². The summed E-state index contributed by atoms with van der Waals surface area (Å²) in [4.78, 5) is 2.47. The van der Waals surface area contributed by atoms with E-state index in [4.69, 9.17) is 21.1 Å². The SMILES string of the molecule is CCOc1cc(C)c(Cl)c(C)c1CCCN1CCOCC1. The Kier molecular flexibility index (Phi) is 6.34. The molecule has 0 aromatic heterocycles. The fourth-order valence-electron chi connectivity index (χ4n) is 2.86. The highest BCUT2D eigenvalue weighted by Gasteiger charge is 2.14. The first-order valence-corrected chi connectivity index (χ1v) is 8.22. The van der Waals surface area contributed by atoms with E-state index in [1.807, 2.05) is 13.8 Å². The average molecular weight is 312 g/mol. The van der Waals surface area contributed by atoms with Gasteiger partial charge in [0.15, 0.2) is 0 Å². The number of halogens is 1. The lowest BCUT2D eigenvalue weighted by molar-refractivity contribution is 0.0374. The summed E-state index contributed by atoms with van der Waals surface area (Å²) in [6.45, 7) is 11.8. The van der Waals surface area contributed by atoms with E-state index >= 15 is 0 Å². The predicted molar refractivity (Wildman–Crippen MR) is 87.7 cm³/mol. The second-order valence-corrected chi connectivity index (χ2v) is 5.98. The lowest BCUT2D eigenvalue weighted by Gasteiger charge is -2.26. The summed E-state index contributed by atoms with van der Waals surface area (Å²) in [5.74, 6) is 0.999. The van der Waals surface area contributed by atoms with Gasteiger partial charge >= 0.3 is 0 Å². The molecule has 0 unspecified atom stereocenters. The topological polar surface area (TPSA) is 21.7 Å². The largest absolute Gasteiger partial charge is 0.494 e. The Morgan fingerprint density at radius 1 is 1.29 bits per heavy atom. The fraction of sp³-hybridized carbons (Fsp3) is 0.647. The van der Waals surface area contributed by atoms with Crippen molar-refractivity contribution in [1.82, 2.24) is 4.90 Å². The first-order chi connectivity index (χ1) is 10.1. The summed E-state index contributed by atoms with van der Waals surface area (Å²) in [7, 11) is 0. The van der Waals surface area contributed by atoms with Crippen LogP contribution >= 0.6 is 11.6 Å². The van der Waals surface area contributed by atoms with Crippen LogP contribution in [0.4, 0.5) is 0 Å². The van der Waals surface area contributed by atoms with Gasteiger partial charge in [-0.2, -0.15) is 0 Å². The molecule has 1 heterocycles. The molecule has 21 heavy (non-hydrogen) atoms. The number of morpholine rings is 1. The van der Waals surface area contributed by atoms with Crippen LogP contribution in [0, 0.1) is 13.8 Å². The van der Waals surface area contributed by atoms with Gasteiger partial charge in [-0.25, -0.2) is 0 Å². The number of hydrogen-bond acceptors (Lipinski definition) is 3. The maximum atomic E-state index is 6.40. The third-order valence-electron chi connectivity index (χ3n) is 4.08. The highest BCUT2D eigenvalue weighted by Crippen LogP contribution is 2.32. The van der Waals surface area contributed by atoms with Crippen LogP contribution in [0.25, 0.3) is 0 Å². The van der Waals surface area contributed by atoms with Crippen molar-refractivity contribution in [2.75, 3.05) is 39.5 Å². The van der Waals surface area contributed by atoms with Crippen LogP contribution in [0.3, 0.4) is 0 Å². The minimum Gasteiger partial charge on any atom is -0.494 e. The van der Waals surface area contributed by atoms with E-state index in [1.54, 1.807) is 0 Å². The number of aryl methyl sites for hydroxylation is 1. The molecule has 0 saturated carbocycles. The van der Waals surface area contributed by atoms with E-state index in [-0.39, 0.29) is 0 Å². The number of benzene rings is 1. The molecular formula is C17H26ClNO2. The lowest BCUT2D eigenvalue weighted by atomic mass is 9.99. The Hall–Kier alpha value is -0.770. The first kappa shape index (κ1) is 16.6. The van der Waals surface area contributed by atoms with E-state index in [2.05, 4.69) is 17.9 Å². The molecule has 0 spiro atoms. The van der Waals surface area contributed by atoms with Gasteiger partial charge in [0, 0.05) is 18.1 Å². The summed E-state index contributed by atoms with van der Waals surface area (Å²) in [6.07, 6.45) is 2.14. The van der Waals surface area contributed by atoms with E-state index in [0.29, 0.717) is 6.61 Å². The molecule has 0 radical (unpaired) electrons. The van der Waals surface area contributed by atoms with Gasteiger partial charge in [0.2, 0.25) is 0 Å². The Labute approximate surface area is 133 Å². The average Bonchev–Trinajstić information content (AvgIpc) is 2.49. The fourth-order valence-corrected chi connectivity index (χ4v) is 3.03. The van der Waals surface area contributed by atoms with Crippen LogP contribution in [0.15, 0.2) is 6.07 Å². The third-order valence-corrected chi connectivity index (χ3v) is 4.66. The number of rotatable bonds is 6. The van der Waals surface area contributed by atoms with Gasteiger partial charge in [-0.15, -0.1) is 0 Å². The second kappa shape index (κ2) is 8.02. The van der Waals surface area contributed by atoms with Crippen molar-refractivity contribution in [1.29, 1.82) is 0 Å². The minimum absolute atomic E-state index is 0.691. The highest BCUT2D eigenvalue weighted by atomic mass is 35.5. The zero-order valence-electron chi connectivity index (χ0n) is 13.4. The van der Waals surface area contributed by atoms with Crippen molar-refractivity contribution in [3.63, 3.8) is 0 Å². The summed E-state index contributed by atoms with van der Waals surface area (Å²) >= 11 is 6.40. The molecule has 1 aliphatic rings. The van der Waals surface area contributed by atoms with Crippen LogP contribution in [0.5, 0.6) is 5.75 Å². The molecule has 0 amide bonds. The molecule has 3 nitrogen and oxygen atoms in total. The van der Waals surface area contributed by atoms with Crippen LogP contribution < -0.4 is 4.74 Å². The van der Waals surface area contributed by atoms with Crippen LogP contribution in [0.2, 0.25) is 5.02 Å². The smallest absolute Gasteiger partial charge is 0.123 e. The Bertz CT molecular complexity index is 470. The van der Waals surface area contributed by atoms with E-state index < -0.39 is 0 Å². The summed E-state index contributed by atoms with van der Waals surface area (Å²) in [5, 5.41) is 0.875. The first-order valence-electron chi connectivity index (χ1n) is 7.85. The zero-order valence-corrected chi connectivity index (χ0v) is 14.1. The van der Waals surface area contributed by atoms with Gasteiger partial charge in [-0.1, -0.05) is 11.6 Å². The quantitative estimate of drug-likeness (QED) is 0.801. The van der Waals surface area contributed by atoms with Crippen LogP contribution in [0.1, 0.15) is 30.0 Å². The summed E-state index contributed by atoms with van der Waals surface area (Å²) in [5.41, 5.74) is 3.53. The molecule has 1 aliphatic heterocycles. The van der Waals surface area contributed by atoms with Gasteiger partial charge in [0.05, 0.1) is 19.8 Å². The zero-order chi connectivity index (χ0) is 15.2. The minimum atomic E-state index is 0.691. The monoisotopic (exact) mass is 311 g/mol. The standard InChI is InChI=1S/C17H26ClNO2/c1-4-21-16-12-13(2)17(18)14(3)15(16)6-5-7-19-8-10-20-11-9-19/h12H,4-11H2,1-3H3. The lowest BCUT2D eigenvalue weighted by Crippen LogP contribution is -2.37.